The van der Waals surface area contributed by atoms with Crippen molar-refractivity contribution in [2.24, 2.45) is 5.92 Å². The van der Waals surface area contributed by atoms with Gasteiger partial charge in [0.15, 0.2) is 0 Å². The highest BCUT2D eigenvalue weighted by atomic mass is 16.1. The summed E-state index contributed by atoms with van der Waals surface area (Å²) in [5, 5.41) is 9.86. The molecule has 1 saturated heterocycles. The van der Waals surface area contributed by atoms with Crippen LogP contribution in [-0.2, 0) is 4.79 Å². The second-order valence-electron chi connectivity index (χ2n) is 5.75. The fraction of sp³-hybridized carbons (Fsp3) is 0.562. The second kappa shape index (κ2) is 7.29. The lowest BCUT2D eigenvalue weighted by Crippen LogP contribution is -2.39. The monoisotopic (exact) mass is 275 g/mol. The van der Waals surface area contributed by atoms with E-state index in [1.807, 2.05) is 38.1 Å². The summed E-state index contributed by atoms with van der Waals surface area (Å²) in [6, 6.07) is 8.48. The van der Waals surface area contributed by atoms with Gasteiger partial charge in [-0.25, -0.2) is 0 Å². The van der Waals surface area contributed by atoms with Crippen LogP contribution in [0.15, 0.2) is 24.3 Å². The Balaban J connectivity index is 1.80. The molecule has 0 saturated carbocycles. The van der Waals surface area contributed by atoms with Crippen LogP contribution >= 0.6 is 0 Å². The molecule has 3 N–H and O–H groups in total. The minimum absolute atomic E-state index is 0.00479. The summed E-state index contributed by atoms with van der Waals surface area (Å²) in [4.78, 5) is 11.6. The molecule has 0 spiro atoms. The van der Waals surface area contributed by atoms with E-state index < -0.39 is 0 Å². The zero-order valence-electron chi connectivity index (χ0n) is 12.4. The first-order chi connectivity index (χ1) is 9.65. The highest BCUT2D eigenvalue weighted by Crippen LogP contribution is 2.15. The Hall–Kier alpha value is -1.55. The number of rotatable bonds is 5. The Bertz CT molecular complexity index is 422. The minimum Gasteiger partial charge on any atom is -0.383 e. The molecule has 1 aromatic carbocycles. The average molecular weight is 275 g/mol. The molecule has 0 aliphatic carbocycles. The van der Waals surface area contributed by atoms with Gasteiger partial charge >= 0.3 is 0 Å². The molecule has 1 amide bonds. The van der Waals surface area contributed by atoms with Crippen molar-refractivity contribution in [2.75, 3.05) is 23.7 Å². The SMILES string of the molecule is CC(C)C(=O)Nc1ccc(NCC2CCCCN2)cc1. The third kappa shape index (κ3) is 4.53. The van der Waals surface area contributed by atoms with Crippen molar-refractivity contribution in [3.05, 3.63) is 24.3 Å². The molecule has 4 heteroatoms. The Morgan fingerprint density at radius 2 is 1.95 bits per heavy atom. The lowest BCUT2D eigenvalue weighted by Gasteiger charge is -2.24. The average Bonchev–Trinajstić information content (AvgIpc) is 2.47. The van der Waals surface area contributed by atoms with E-state index in [1.165, 1.54) is 19.3 Å². The Kier molecular flexibility index (Phi) is 5.41. The van der Waals surface area contributed by atoms with Crippen molar-refractivity contribution in [1.29, 1.82) is 0 Å². The Morgan fingerprint density at radius 1 is 1.25 bits per heavy atom. The summed E-state index contributed by atoms with van der Waals surface area (Å²) in [5.41, 5.74) is 1.95. The summed E-state index contributed by atoms with van der Waals surface area (Å²) < 4.78 is 0. The Labute approximate surface area is 121 Å². The van der Waals surface area contributed by atoms with Crippen molar-refractivity contribution in [3.63, 3.8) is 0 Å². The molecule has 4 nitrogen and oxygen atoms in total. The first-order valence-corrected chi connectivity index (χ1v) is 7.53. The van der Waals surface area contributed by atoms with Gasteiger partial charge in [-0.05, 0) is 43.7 Å². The number of benzene rings is 1. The molecule has 1 aromatic rings. The zero-order valence-corrected chi connectivity index (χ0v) is 12.4. The number of anilines is 2. The number of carbonyl (C=O) groups is 1. The van der Waals surface area contributed by atoms with Gasteiger partial charge in [0.25, 0.3) is 0 Å². The lowest BCUT2D eigenvalue weighted by atomic mass is 10.1. The van der Waals surface area contributed by atoms with Gasteiger partial charge in [0.1, 0.15) is 0 Å². The van der Waals surface area contributed by atoms with Gasteiger partial charge in [-0.2, -0.15) is 0 Å². The van der Waals surface area contributed by atoms with E-state index >= 15 is 0 Å². The quantitative estimate of drug-likeness (QED) is 0.774. The van der Waals surface area contributed by atoms with E-state index in [4.69, 9.17) is 0 Å². The number of amides is 1. The van der Waals surface area contributed by atoms with E-state index in [9.17, 15) is 4.79 Å². The van der Waals surface area contributed by atoms with Crippen molar-refractivity contribution in [2.45, 2.75) is 39.2 Å². The largest absolute Gasteiger partial charge is 0.383 e. The van der Waals surface area contributed by atoms with Gasteiger partial charge in [-0.3, -0.25) is 4.79 Å². The second-order valence-corrected chi connectivity index (χ2v) is 5.75. The van der Waals surface area contributed by atoms with E-state index in [-0.39, 0.29) is 11.8 Å². The van der Waals surface area contributed by atoms with Crippen LogP contribution in [0.1, 0.15) is 33.1 Å². The summed E-state index contributed by atoms with van der Waals surface area (Å²) in [5.74, 6) is 0.0577. The van der Waals surface area contributed by atoms with Gasteiger partial charge in [0.05, 0.1) is 0 Å². The number of nitrogens with one attached hydrogen (secondary N) is 3. The fourth-order valence-electron chi connectivity index (χ4n) is 2.30. The van der Waals surface area contributed by atoms with E-state index in [1.54, 1.807) is 0 Å². The molecule has 1 atom stereocenters. The maximum atomic E-state index is 11.6. The van der Waals surface area contributed by atoms with Gasteiger partial charge in [0.2, 0.25) is 5.91 Å². The first kappa shape index (κ1) is 14.9. The summed E-state index contributed by atoms with van der Waals surface area (Å²) in [6.45, 7) is 5.87. The predicted octanol–water partition coefficient (Wildman–Crippen LogP) is 2.84. The number of carbonyl (C=O) groups excluding carboxylic acids is 1. The van der Waals surface area contributed by atoms with Crippen molar-refractivity contribution < 1.29 is 4.79 Å². The van der Waals surface area contributed by atoms with Crippen LogP contribution in [0.25, 0.3) is 0 Å². The van der Waals surface area contributed by atoms with Gasteiger partial charge in [-0.15, -0.1) is 0 Å². The molecular formula is C16H25N3O. The molecule has 1 aliphatic rings. The van der Waals surface area contributed by atoms with Crippen LogP contribution in [0, 0.1) is 5.92 Å². The molecule has 0 bridgehead atoms. The summed E-state index contributed by atoms with van der Waals surface area (Å²) in [7, 11) is 0. The lowest BCUT2D eigenvalue weighted by molar-refractivity contribution is -0.118. The predicted molar refractivity (Wildman–Crippen MR) is 84.0 cm³/mol. The van der Waals surface area contributed by atoms with Crippen LogP contribution < -0.4 is 16.0 Å². The van der Waals surface area contributed by atoms with Crippen molar-refractivity contribution in [3.8, 4) is 0 Å². The smallest absolute Gasteiger partial charge is 0.226 e. The van der Waals surface area contributed by atoms with E-state index in [0.717, 1.165) is 24.5 Å². The molecule has 1 aliphatic heterocycles. The van der Waals surface area contributed by atoms with Crippen molar-refractivity contribution >= 4 is 17.3 Å². The van der Waals surface area contributed by atoms with Crippen molar-refractivity contribution in [1.82, 2.24) is 5.32 Å². The Morgan fingerprint density at radius 3 is 2.55 bits per heavy atom. The molecule has 2 rings (SSSR count). The third-order valence-corrected chi connectivity index (χ3v) is 3.64. The normalized spacial score (nSPS) is 18.9. The highest BCUT2D eigenvalue weighted by molar-refractivity contribution is 5.92. The van der Waals surface area contributed by atoms with Crippen LogP contribution in [0.2, 0.25) is 0 Å². The molecule has 110 valence electrons. The summed E-state index contributed by atoms with van der Waals surface area (Å²) in [6.07, 6.45) is 3.86. The fourth-order valence-corrected chi connectivity index (χ4v) is 2.30. The van der Waals surface area contributed by atoms with Gasteiger partial charge in [0, 0.05) is 29.9 Å². The molecule has 1 fully saturated rings. The standard InChI is InChI=1S/C16H25N3O/c1-12(2)16(20)19-14-8-6-13(7-9-14)18-11-15-5-3-4-10-17-15/h6-9,12,15,17-18H,3-5,10-11H2,1-2H3,(H,19,20). The highest BCUT2D eigenvalue weighted by Gasteiger charge is 2.11. The van der Waals surface area contributed by atoms with E-state index in [0.29, 0.717) is 6.04 Å². The molecule has 0 aromatic heterocycles. The molecule has 0 radical (unpaired) electrons. The number of hydrogen-bond acceptors (Lipinski definition) is 3. The van der Waals surface area contributed by atoms with Crippen LogP contribution in [0.4, 0.5) is 11.4 Å². The third-order valence-electron chi connectivity index (χ3n) is 3.64. The maximum absolute atomic E-state index is 11.6. The van der Waals surface area contributed by atoms with Gasteiger partial charge in [-0.1, -0.05) is 20.3 Å². The molecular weight excluding hydrogens is 250 g/mol. The molecule has 1 heterocycles. The van der Waals surface area contributed by atoms with E-state index in [2.05, 4.69) is 16.0 Å². The topological polar surface area (TPSA) is 53.2 Å². The first-order valence-electron chi connectivity index (χ1n) is 7.53. The minimum atomic E-state index is 0.00479. The molecule has 20 heavy (non-hydrogen) atoms. The van der Waals surface area contributed by atoms with Crippen LogP contribution in [-0.4, -0.2) is 25.0 Å². The number of hydrogen-bond donors (Lipinski definition) is 3. The van der Waals surface area contributed by atoms with Crippen LogP contribution in [0.3, 0.4) is 0 Å². The zero-order chi connectivity index (χ0) is 14.4. The maximum Gasteiger partial charge on any atom is 0.226 e. The molecule has 1 unspecified atom stereocenters. The number of piperidine rings is 1. The summed E-state index contributed by atoms with van der Waals surface area (Å²) >= 11 is 0. The van der Waals surface area contributed by atoms with Crippen LogP contribution in [0.5, 0.6) is 0 Å². The van der Waals surface area contributed by atoms with Gasteiger partial charge < -0.3 is 16.0 Å².